The van der Waals surface area contributed by atoms with Gasteiger partial charge in [0.05, 0.1) is 23.3 Å². The number of hydrogen-bond acceptors (Lipinski definition) is 3. The van der Waals surface area contributed by atoms with E-state index in [-0.39, 0.29) is 18.9 Å². The summed E-state index contributed by atoms with van der Waals surface area (Å²) in [6.07, 6.45) is 0.112. The molecule has 0 radical (unpaired) electrons. The maximum atomic E-state index is 14.0. The summed E-state index contributed by atoms with van der Waals surface area (Å²) in [6.45, 7) is 0.0924. The fourth-order valence-electron chi connectivity index (χ4n) is 5.13. The van der Waals surface area contributed by atoms with Crippen LogP contribution in [-0.2, 0) is 9.59 Å². The van der Waals surface area contributed by atoms with E-state index in [4.69, 9.17) is 0 Å². The van der Waals surface area contributed by atoms with Crippen molar-refractivity contribution in [2.45, 2.75) is 24.4 Å². The fourth-order valence-corrected chi connectivity index (χ4v) is 5.13. The Labute approximate surface area is 227 Å². The van der Waals surface area contributed by atoms with Crippen molar-refractivity contribution in [2.75, 3.05) is 11.4 Å². The van der Waals surface area contributed by atoms with Gasteiger partial charge in [0.15, 0.2) is 0 Å². The maximum absolute atomic E-state index is 14.0. The van der Waals surface area contributed by atoms with Gasteiger partial charge in [-0.05, 0) is 35.4 Å². The molecule has 1 aliphatic heterocycles. The number of benzene rings is 4. The largest absolute Gasteiger partial charge is 0.480 e. The lowest BCUT2D eigenvalue weighted by atomic mass is 9.90. The molecule has 1 aliphatic rings. The van der Waals surface area contributed by atoms with Gasteiger partial charge in [0, 0.05) is 13.0 Å². The summed E-state index contributed by atoms with van der Waals surface area (Å²) in [7, 11) is 0. The molecule has 1 saturated heterocycles. The molecule has 0 aromatic heterocycles. The first-order valence-corrected chi connectivity index (χ1v) is 12.9. The third-order valence-electron chi connectivity index (χ3n) is 6.94. The standard InChI is InChI=1S/C32H29N3O4/c36-30(29(23-13-5-1-6-14-23)24-15-7-2-8-16-24)34-22-25(21-28(34)31(37)38)33-32(39)35(26-17-9-3-10-18-26)27-19-11-4-12-20-27/h1-20,25,28-29H,21-22H2,(H,33,39)(H,37,38)/t25-,28-/m0/s1. The third-order valence-corrected chi connectivity index (χ3v) is 6.94. The zero-order valence-electron chi connectivity index (χ0n) is 21.3. The second-order valence-corrected chi connectivity index (χ2v) is 9.49. The number of rotatable bonds is 7. The molecular formula is C32H29N3O4. The Hall–Kier alpha value is -4.91. The first kappa shape index (κ1) is 25.7. The average molecular weight is 520 g/mol. The van der Waals surface area contributed by atoms with Crippen LogP contribution in [0.1, 0.15) is 23.5 Å². The zero-order valence-corrected chi connectivity index (χ0v) is 21.3. The lowest BCUT2D eigenvalue weighted by Gasteiger charge is -2.28. The van der Waals surface area contributed by atoms with E-state index >= 15 is 0 Å². The molecule has 5 rings (SSSR count). The second-order valence-electron chi connectivity index (χ2n) is 9.49. The Kier molecular flexibility index (Phi) is 7.68. The van der Waals surface area contributed by atoms with Crippen LogP contribution in [0.25, 0.3) is 0 Å². The van der Waals surface area contributed by atoms with Gasteiger partial charge in [0.25, 0.3) is 0 Å². The third kappa shape index (κ3) is 5.67. The number of anilines is 2. The van der Waals surface area contributed by atoms with Crippen molar-refractivity contribution in [1.82, 2.24) is 10.2 Å². The van der Waals surface area contributed by atoms with Crippen molar-refractivity contribution in [3.63, 3.8) is 0 Å². The molecule has 3 amide bonds. The lowest BCUT2D eigenvalue weighted by Crippen LogP contribution is -2.45. The molecule has 0 spiro atoms. The predicted octanol–water partition coefficient (Wildman–Crippen LogP) is 5.42. The van der Waals surface area contributed by atoms with Crippen molar-refractivity contribution >= 4 is 29.3 Å². The molecule has 0 bridgehead atoms. The molecule has 1 fully saturated rings. The average Bonchev–Trinajstić information content (AvgIpc) is 3.40. The molecule has 7 heteroatoms. The van der Waals surface area contributed by atoms with Crippen LogP contribution in [0.3, 0.4) is 0 Å². The highest BCUT2D eigenvalue weighted by Crippen LogP contribution is 2.31. The quantitative estimate of drug-likeness (QED) is 0.341. The normalized spacial score (nSPS) is 16.6. The molecule has 7 nitrogen and oxygen atoms in total. The number of para-hydroxylation sites is 2. The van der Waals surface area contributed by atoms with E-state index in [9.17, 15) is 19.5 Å². The smallest absolute Gasteiger partial charge is 0.326 e. The summed E-state index contributed by atoms with van der Waals surface area (Å²) in [5.41, 5.74) is 2.92. The van der Waals surface area contributed by atoms with Gasteiger partial charge in [-0.25, -0.2) is 9.59 Å². The molecule has 4 aromatic carbocycles. The highest BCUT2D eigenvalue weighted by atomic mass is 16.4. The Balaban J connectivity index is 1.41. The van der Waals surface area contributed by atoms with E-state index in [1.54, 1.807) is 4.90 Å². The molecule has 0 unspecified atom stereocenters. The van der Waals surface area contributed by atoms with Gasteiger partial charge in [0.1, 0.15) is 6.04 Å². The molecule has 39 heavy (non-hydrogen) atoms. The first-order chi connectivity index (χ1) is 19.0. The molecule has 2 atom stereocenters. The van der Waals surface area contributed by atoms with Gasteiger partial charge in [-0.1, -0.05) is 97.1 Å². The topological polar surface area (TPSA) is 89.9 Å². The zero-order chi connectivity index (χ0) is 27.2. The molecule has 1 heterocycles. The van der Waals surface area contributed by atoms with E-state index in [2.05, 4.69) is 5.32 Å². The second kappa shape index (κ2) is 11.6. The molecular weight excluding hydrogens is 490 g/mol. The molecule has 4 aromatic rings. The van der Waals surface area contributed by atoms with E-state index in [0.717, 1.165) is 11.1 Å². The van der Waals surface area contributed by atoms with E-state index in [1.165, 1.54) is 4.90 Å². The van der Waals surface area contributed by atoms with Crippen molar-refractivity contribution in [1.29, 1.82) is 0 Å². The number of likely N-dealkylation sites (tertiary alicyclic amines) is 1. The van der Waals surface area contributed by atoms with Crippen LogP contribution in [0, 0.1) is 0 Å². The van der Waals surface area contributed by atoms with Crippen LogP contribution in [0.2, 0.25) is 0 Å². The number of hydrogen-bond donors (Lipinski definition) is 2. The van der Waals surface area contributed by atoms with Gasteiger partial charge >= 0.3 is 12.0 Å². The van der Waals surface area contributed by atoms with Gasteiger partial charge < -0.3 is 15.3 Å². The molecule has 0 saturated carbocycles. The van der Waals surface area contributed by atoms with E-state index in [0.29, 0.717) is 11.4 Å². The summed E-state index contributed by atoms with van der Waals surface area (Å²) in [6, 6.07) is 35.2. The number of urea groups is 1. The predicted molar refractivity (Wildman–Crippen MR) is 150 cm³/mol. The Bertz CT molecular complexity index is 1340. The summed E-state index contributed by atoms with van der Waals surface area (Å²) in [5.74, 6) is -2.06. The fraction of sp³-hybridized carbons (Fsp3) is 0.156. The molecule has 2 N–H and O–H groups in total. The lowest BCUT2D eigenvalue weighted by molar-refractivity contribution is -0.148. The van der Waals surface area contributed by atoms with E-state index < -0.39 is 30.0 Å². The minimum atomic E-state index is -1.09. The maximum Gasteiger partial charge on any atom is 0.326 e. The highest BCUT2D eigenvalue weighted by molar-refractivity contribution is 5.99. The summed E-state index contributed by atoms with van der Waals surface area (Å²) in [5, 5.41) is 13.0. The Morgan fingerprint density at radius 1 is 0.718 bits per heavy atom. The Morgan fingerprint density at radius 2 is 1.15 bits per heavy atom. The highest BCUT2D eigenvalue weighted by Gasteiger charge is 2.43. The summed E-state index contributed by atoms with van der Waals surface area (Å²) < 4.78 is 0. The van der Waals surface area contributed by atoms with E-state index in [1.807, 2.05) is 121 Å². The van der Waals surface area contributed by atoms with Crippen molar-refractivity contribution in [3.05, 3.63) is 132 Å². The van der Waals surface area contributed by atoms with Gasteiger partial charge in [-0.15, -0.1) is 0 Å². The van der Waals surface area contributed by atoms with Crippen LogP contribution < -0.4 is 10.2 Å². The number of carbonyl (C=O) groups excluding carboxylic acids is 2. The summed E-state index contributed by atoms with van der Waals surface area (Å²) in [4.78, 5) is 42.9. The van der Waals surface area contributed by atoms with Gasteiger partial charge in [-0.3, -0.25) is 9.69 Å². The number of carbonyl (C=O) groups is 3. The van der Waals surface area contributed by atoms with Crippen LogP contribution in [0.5, 0.6) is 0 Å². The minimum absolute atomic E-state index is 0.0924. The number of nitrogens with one attached hydrogen (secondary N) is 1. The number of carboxylic acid groups (broad SMARTS) is 1. The number of carboxylic acids is 1. The monoisotopic (exact) mass is 519 g/mol. The van der Waals surface area contributed by atoms with Gasteiger partial charge in [-0.2, -0.15) is 0 Å². The molecule has 0 aliphatic carbocycles. The number of aliphatic carboxylic acids is 1. The van der Waals surface area contributed by atoms with Crippen LogP contribution in [0.15, 0.2) is 121 Å². The summed E-state index contributed by atoms with van der Waals surface area (Å²) >= 11 is 0. The Morgan fingerprint density at radius 3 is 1.59 bits per heavy atom. The van der Waals surface area contributed by atoms with Crippen LogP contribution in [-0.4, -0.2) is 46.5 Å². The molecule has 196 valence electrons. The SMILES string of the molecule is O=C(O)[C@@H]1C[C@H](NC(=O)N(c2ccccc2)c2ccccc2)CN1C(=O)C(c1ccccc1)c1ccccc1. The van der Waals surface area contributed by atoms with Crippen molar-refractivity contribution in [3.8, 4) is 0 Å². The first-order valence-electron chi connectivity index (χ1n) is 12.9. The van der Waals surface area contributed by atoms with Crippen molar-refractivity contribution < 1.29 is 19.5 Å². The number of amides is 3. The number of nitrogens with zero attached hydrogens (tertiary/aromatic N) is 2. The van der Waals surface area contributed by atoms with Crippen molar-refractivity contribution in [2.24, 2.45) is 0 Å². The van der Waals surface area contributed by atoms with Crippen LogP contribution >= 0.6 is 0 Å². The van der Waals surface area contributed by atoms with Crippen LogP contribution in [0.4, 0.5) is 16.2 Å². The van der Waals surface area contributed by atoms with Gasteiger partial charge in [0.2, 0.25) is 5.91 Å². The minimum Gasteiger partial charge on any atom is -0.480 e.